The van der Waals surface area contributed by atoms with Crippen molar-refractivity contribution in [1.29, 1.82) is 0 Å². The van der Waals surface area contributed by atoms with Crippen LogP contribution in [0.1, 0.15) is 5.69 Å². The van der Waals surface area contributed by atoms with E-state index in [1.807, 2.05) is 0 Å². The summed E-state index contributed by atoms with van der Waals surface area (Å²) in [5.74, 6) is -0.347. The van der Waals surface area contributed by atoms with Crippen molar-refractivity contribution in [1.82, 2.24) is 15.0 Å². The number of rotatable bonds is 2. The molecule has 0 N–H and O–H groups in total. The standard InChI is InChI=1S/C6H9N3O2/c1-5-3-7-9(8-5)4-6(10)11-2/h3H,4H2,1-2H3. The van der Waals surface area contributed by atoms with Gasteiger partial charge in [-0.3, -0.25) is 0 Å². The van der Waals surface area contributed by atoms with Crippen molar-refractivity contribution in [3.05, 3.63) is 11.9 Å². The van der Waals surface area contributed by atoms with Gasteiger partial charge in [-0.15, -0.1) is 0 Å². The van der Waals surface area contributed by atoms with Gasteiger partial charge in [-0.05, 0) is 6.92 Å². The second-order valence-electron chi connectivity index (χ2n) is 2.09. The first kappa shape index (κ1) is 7.71. The van der Waals surface area contributed by atoms with E-state index in [0.29, 0.717) is 0 Å². The van der Waals surface area contributed by atoms with Crippen LogP contribution in [-0.2, 0) is 16.1 Å². The Labute approximate surface area is 64.0 Å². The molecule has 0 aromatic carbocycles. The lowest BCUT2D eigenvalue weighted by Crippen LogP contribution is -2.13. The molecule has 0 atom stereocenters. The van der Waals surface area contributed by atoms with Crippen molar-refractivity contribution < 1.29 is 9.53 Å². The average Bonchev–Trinajstić information content (AvgIpc) is 2.35. The monoisotopic (exact) mass is 155 g/mol. The minimum atomic E-state index is -0.347. The van der Waals surface area contributed by atoms with Gasteiger partial charge < -0.3 is 4.74 Å². The Morgan fingerprint density at radius 1 is 1.82 bits per heavy atom. The maximum absolute atomic E-state index is 10.7. The first-order valence-corrected chi connectivity index (χ1v) is 3.16. The van der Waals surface area contributed by atoms with Gasteiger partial charge in [0.1, 0.15) is 0 Å². The molecule has 5 nitrogen and oxygen atoms in total. The largest absolute Gasteiger partial charge is 0.468 e. The number of nitrogens with zero attached hydrogens (tertiary/aromatic N) is 3. The highest BCUT2D eigenvalue weighted by molar-refractivity contribution is 5.68. The van der Waals surface area contributed by atoms with E-state index in [2.05, 4.69) is 14.9 Å². The number of aromatic nitrogens is 3. The number of carbonyl (C=O) groups excluding carboxylic acids is 1. The molecule has 0 spiro atoms. The zero-order valence-electron chi connectivity index (χ0n) is 6.44. The fraction of sp³-hybridized carbons (Fsp3) is 0.500. The van der Waals surface area contributed by atoms with Crippen molar-refractivity contribution in [3.8, 4) is 0 Å². The Bertz CT molecular complexity index is 256. The molecular weight excluding hydrogens is 146 g/mol. The topological polar surface area (TPSA) is 57.0 Å². The van der Waals surface area contributed by atoms with Gasteiger partial charge in [-0.1, -0.05) is 0 Å². The van der Waals surface area contributed by atoms with Gasteiger partial charge in [0.25, 0.3) is 0 Å². The van der Waals surface area contributed by atoms with Crippen LogP contribution in [0.4, 0.5) is 0 Å². The highest BCUT2D eigenvalue weighted by Gasteiger charge is 2.02. The van der Waals surface area contributed by atoms with Crippen LogP contribution in [0.25, 0.3) is 0 Å². The summed E-state index contributed by atoms with van der Waals surface area (Å²) in [5, 5.41) is 7.71. The molecule has 0 aliphatic rings. The van der Waals surface area contributed by atoms with Gasteiger partial charge >= 0.3 is 5.97 Å². The molecule has 5 heteroatoms. The molecule has 1 heterocycles. The van der Waals surface area contributed by atoms with E-state index in [1.54, 1.807) is 13.1 Å². The molecule has 0 saturated carbocycles. The summed E-state index contributed by atoms with van der Waals surface area (Å²) >= 11 is 0. The number of carbonyl (C=O) groups is 1. The highest BCUT2D eigenvalue weighted by atomic mass is 16.5. The second-order valence-corrected chi connectivity index (χ2v) is 2.09. The van der Waals surface area contributed by atoms with Crippen LogP contribution in [0.2, 0.25) is 0 Å². The van der Waals surface area contributed by atoms with Gasteiger partial charge in [-0.25, -0.2) is 4.79 Å². The molecule has 0 radical (unpaired) electrons. The maximum atomic E-state index is 10.7. The van der Waals surface area contributed by atoms with E-state index >= 15 is 0 Å². The smallest absolute Gasteiger partial charge is 0.329 e. The van der Waals surface area contributed by atoms with Crippen LogP contribution in [0, 0.1) is 6.92 Å². The Morgan fingerprint density at radius 3 is 3.00 bits per heavy atom. The summed E-state index contributed by atoms with van der Waals surface area (Å²) < 4.78 is 4.42. The van der Waals surface area contributed by atoms with Gasteiger partial charge in [0.05, 0.1) is 19.0 Å². The van der Waals surface area contributed by atoms with Crippen molar-refractivity contribution in [2.24, 2.45) is 0 Å². The minimum absolute atomic E-state index is 0.0737. The van der Waals surface area contributed by atoms with E-state index in [0.717, 1.165) is 5.69 Å². The third kappa shape index (κ3) is 2.03. The third-order valence-electron chi connectivity index (χ3n) is 1.15. The quantitative estimate of drug-likeness (QED) is 0.553. The molecule has 0 fully saturated rings. The maximum Gasteiger partial charge on any atom is 0.329 e. The van der Waals surface area contributed by atoms with E-state index in [9.17, 15) is 4.79 Å². The molecule has 0 aliphatic heterocycles. The summed E-state index contributed by atoms with van der Waals surface area (Å²) in [5.41, 5.74) is 0.786. The van der Waals surface area contributed by atoms with E-state index in [-0.39, 0.29) is 12.5 Å². The van der Waals surface area contributed by atoms with Crippen molar-refractivity contribution in [2.45, 2.75) is 13.5 Å². The Hall–Kier alpha value is -1.39. The van der Waals surface area contributed by atoms with Crippen molar-refractivity contribution >= 4 is 5.97 Å². The Balaban J connectivity index is 2.57. The van der Waals surface area contributed by atoms with E-state index in [1.165, 1.54) is 11.9 Å². The average molecular weight is 155 g/mol. The summed E-state index contributed by atoms with van der Waals surface area (Å²) in [6.07, 6.45) is 1.59. The van der Waals surface area contributed by atoms with Crippen LogP contribution in [-0.4, -0.2) is 28.1 Å². The molecule has 0 amide bonds. The van der Waals surface area contributed by atoms with Gasteiger partial charge in [-0.2, -0.15) is 15.0 Å². The molecule has 1 aromatic heterocycles. The molecule has 1 aromatic rings. The van der Waals surface area contributed by atoms with Crippen LogP contribution >= 0.6 is 0 Å². The normalized spacial score (nSPS) is 9.64. The molecule has 0 saturated heterocycles. The number of methoxy groups -OCH3 is 1. The number of aryl methyl sites for hydroxylation is 1. The van der Waals surface area contributed by atoms with Gasteiger partial charge in [0.15, 0.2) is 6.54 Å². The number of hydrogen-bond acceptors (Lipinski definition) is 4. The molecule has 11 heavy (non-hydrogen) atoms. The van der Waals surface area contributed by atoms with Crippen LogP contribution in [0.5, 0.6) is 0 Å². The number of ether oxygens (including phenoxy) is 1. The fourth-order valence-corrected chi connectivity index (χ4v) is 0.640. The van der Waals surface area contributed by atoms with Crippen molar-refractivity contribution in [2.75, 3.05) is 7.11 Å². The minimum Gasteiger partial charge on any atom is -0.468 e. The molecule has 60 valence electrons. The Morgan fingerprint density at radius 2 is 2.55 bits per heavy atom. The zero-order chi connectivity index (χ0) is 8.27. The highest BCUT2D eigenvalue weighted by Crippen LogP contribution is 1.87. The van der Waals surface area contributed by atoms with Crippen LogP contribution < -0.4 is 0 Å². The van der Waals surface area contributed by atoms with E-state index in [4.69, 9.17) is 0 Å². The predicted octanol–water partition coefficient (Wildman–Crippen LogP) is -0.240. The second kappa shape index (κ2) is 3.14. The number of hydrogen-bond donors (Lipinski definition) is 0. The predicted molar refractivity (Wildman–Crippen MR) is 36.8 cm³/mol. The van der Waals surface area contributed by atoms with E-state index < -0.39 is 0 Å². The van der Waals surface area contributed by atoms with Crippen LogP contribution in [0.3, 0.4) is 0 Å². The fourth-order valence-electron chi connectivity index (χ4n) is 0.640. The molecule has 0 bridgehead atoms. The first-order valence-electron chi connectivity index (χ1n) is 3.16. The Kier molecular flexibility index (Phi) is 2.20. The summed E-state index contributed by atoms with van der Waals surface area (Å²) in [4.78, 5) is 12.0. The SMILES string of the molecule is COC(=O)Cn1ncc(C)n1. The first-order chi connectivity index (χ1) is 5.22. The molecule has 0 unspecified atom stereocenters. The molecule has 1 rings (SSSR count). The molecular formula is C6H9N3O2. The lowest BCUT2D eigenvalue weighted by molar-refractivity contribution is -0.141. The lowest BCUT2D eigenvalue weighted by Gasteiger charge is -1.95. The zero-order valence-corrected chi connectivity index (χ0v) is 6.44. The number of esters is 1. The summed E-state index contributed by atoms with van der Waals surface area (Å²) in [6.45, 7) is 1.88. The summed E-state index contributed by atoms with van der Waals surface area (Å²) in [6, 6.07) is 0. The third-order valence-corrected chi connectivity index (χ3v) is 1.15. The van der Waals surface area contributed by atoms with Gasteiger partial charge in [0.2, 0.25) is 0 Å². The van der Waals surface area contributed by atoms with Crippen molar-refractivity contribution in [3.63, 3.8) is 0 Å². The molecule has 0 aliphatic carbocycles. The summed E-state index contributed by atoms with van der Waals surface area (Å²) in [7, 11) is 1.33. The van der Waals surface area contributed by atoms with Crippen LogP contribution in [0.15, 0.2) is 6.20 Å². The lowest BCUT2D eigenvalue weighted by atomic mass is 10.6. The van der Waals surface area contributed by atoms with Gasteiger partial charge in [0, 0.05) is 0 Å².